The van der Waals surface area contributed by atoms with E-state index in [0.29, 0.717) is 29.9 Å². The Kier molecular flexibility index (Phi) is 11.6. The van der Waals surface area contributed by atoms with Crippen molar-refractivity contribution in [3.63, 3.8) is 0 Å². The first kappa shape index (κ1) is 30.9. The van der Waals surface area contributed by atoms with E-state index in [1.807, 2.05) is 13.8 Å². The van der Waals surface area contributed by atoms with Gasteiger partial charge in [-0.2, -0.15) is 0 Å². The van der Waals surface area contributed by atoms with Gasteiger partial charge >= 0.3 is 5.97 Å². The van der Waals surface area contributed by atoms with Crippen LogP contribution in [0.1, 0.15) is 66.9 Å². The molecule has 1 heterocycles. The summed E-state index contributed by atoms with van der Waals surface area (Å²) < 4.78 is 16.4. The lowest BCUT2D eigenvalue weighted by Crippen LogP contribution is -2.41. The number of carboxylic acid groups (broad SMARTS) is 1. The van der Waals surface area contributed by atoms with Crippen molar-refractivity contribution < 1.29 is 33.4 Å². The predicted molar refractivity (Wildman–Crippen MR) is 144 cm³/mol. The third-order valence-electron chi connectivity index (χ3n) is 5.76. The highest BCUT2D eigenvalue weighted by atomic mass is 16.5. The van der Waals surface area contributed by atoms with Crippen LogP contribution in [0.2, 0.25) is 0 Å². The van der Waals surface area contributed by atoms with Gasteiger partial charge < -0.3 is 41.1 Å². The molecule has 0 radical (unpaired) electrons. The smallest absolute Gasteiger partial charge is 0.326 e. The van der Waals surface area contributed by atoms with Gasteiger partial charge in [-0.1, -0.05) is 13.8 Å². The molecule has 1 aromatic heterocycles. The summed E-state index contributed by atoms with van der Waals surface area (Å²) in [6, 6.07) is 3.40. The molecule has 214 valence electrons. The molecule has 7 N–H and O–H groups in total. The highest BCUT2D eigenvalue weighted by Crippen LogP contribution is 2.26. The molecule has 0 bridgehead atoms. The van der Waals surface area contributed by atoms with Crippen molar-refractivity contribution in [2.24, 2.45) is 22.4 Å². The molecule has 0 spiro atoms. The van der Waals surface area contributed by atoms with Crippen molar-refractivity contribution in [1.82, 2.24) is 15.6 Å². The number of guanidine groups is 1. The van der Waals surface area contributed by atoms with E-state index >= 15 is 0 Å². The zero-order chi connectivity index (χ0) is 29.1. The van der Waals surface area contributed by atoms with Gasteiger partial charge in [0.15, 0.2) is 11.7 Å². The normalized spacial score (nSPS) is 12.4. The Morgan fingerprint density at radius 3 is 2.46 bits per heavy atom. The molecule has 2 amide bonds. The Morgan fingerprint density at radius 2 is 1.87 bits per heavy atom. The quantitative estimate of drug-likeness (QED) is 0.124. The number of nitrogens with one attached hydrogen (secondary N) is 2. The van der Waals surface area contributed by atoms with Crippen molar-refractivity contribution in [3.05, 3.63) is 41.1 Å². The summed E-state index contributed by atoms with van der Waals surface area (Å²) in [7, 11) is 3.06. The van der Waals surface area contributed by atoms with Crippen LogP contribution in [0, 0.1) is 12.8 Å². The Balaban J connectivity index is 2.18. The molecule has 2 aromatic rings. The maximum Gasteiger partial charge on any atom is 0.326 e. The first-order valence-corrected chi connectivity index (χ1v) is 12.5. The first-order chi connectivity index (χ1) is 18.4. The van der Waals surface area contributed by atoms with Gasteiger partial charge in [0.1, 0.15) is 29.3 Å². The van der Waals surface area contributed by atoms with Gasteiger partial charge in [0.05, 0.1) is 20.6 Å². The first-order valence-electron chi connectivity index (χ1n) is 12.5. The number of oxazole rings is 1. The number of amides is 2. The number of rotatable bonds is 15. The Bertz CT molecular complexity index is 1170. The number of nitrogens with two attached hydrogens (primary N) is 2. The van der Waals surface area contributed by atoms with Crippen LogP contribution < -0.4 is 31.6 Å². The number of hydrogen-bond donors (Lipinski definition) is 5. The van der Waals surface area contributed by atoms with Gasteiger partial charge in [-0.3, -0.25) is 14.6 Å². The third kappa shape index (κ3) is 9.51. The summed E-state index contributed by atoms with van der Waals surface area (Å²) in [5, 5.41) is 14.9. The average Bonchev–Trinajstić information content (AvgIpc) is 3.26. The zero-order valence-electron chi connectivity index (χ0n) is 22.9. The fourth-order valence-corrected chi connectivity index (χ4v) is 3.90. The minimum atomic E-state index is -1.20. The van der Waals surface area contributed by atoms with Gasteiger partial charge in [0, 0.05) is 12.1 Å². The molecule has 2 atom stereocenters. The van der Waals surface area contributed by atoms with Crippen LogP contribution in [-0.2, 0) is 16.0 Å². The number of nitrogens with zero attached hydrogens (tertiary/aromatic N) is 2. The Hall–Kier alpha value is -4.29. The summed E-state index contributed by atoms with van der Waals surface area (Å²) in [5.74, 6) is -0.659. The molecule has 1 aromatic carbocycles. The molecule has 0 aliphatic rings. The third-order valence-corrected chi connectivity index (χ3v) is 5.76. The number of aryl methyl sites for hydroxylation is 1. The summed E-state index contributed by atoms with van der Waals surface area (Å²) in [6.45, 7) is 5.74. The second kappa shape index (κ2) is 14.6. The van der Waals surface area contributed by atoms with Gasteiger partial charge in [0.2, 0.25) is 11.8 Å². The molecular weight excluding hydrogens is 508 g/mol. The molecule has 0 fully saturated rings. The van der Waals surface area contributed by atoms with Crippen molar-refractivity contribution in [2.75, 3.05) is 20.8 Å². The molecular formula is C26H38N6O7. The second-order valence-corrected chi connectivity index (χ2v) is 9.37. The average molecular weight is 547 g/mol. The van der Waals surface area contributed by atoms with Gasteiger partial charge in [0.25, 0.3) is 5.91 Å². The van der Waals surface area contributed by atoms with Crippen LogP contribution >= 0.6 is 0 Å². The lowest BCUT2D eigenvalue weighted by Gasteiger charge is -2.18. The SMILES string of the molecule is COc1ccc(OC)c(CC(=O)N[C@@H](CC(C)C)c2nc(C(=O)N[C@@H](CCCN=C(N)N)C(=O)O)c(C)o2)c1. The van der Waals surface area contributed by atoms with Crippen LogP contribution in [0.5, 0.6) is 11.5 Å². The Morgan fingerprint density at radius 1 is 1.15 bits per heavy atom. The van der Waals surface area contributed by atoms with E-state index in [4.69, 9.17) is 25.4 Å². The van der Waals surface area contributed by atoms with E-state index < -0.39 is 24.0 Å². The molecule has 2 rings (SSSR count). The van der Waals surface area contributed by atoms with Crippen molar-refractivity contribution >= 4 is 23.7 Å². The highest BCUT2D eigenvalue weighted by Gasteiger charge is 2.28. The molecule has 0 saturated carbocycles. The van der Waals surface area contributed by atoms with Crippen molar-refractivity contribution in [1.29, 1.82) is 0 Å². The topological polar surface area (TPSA) is 204 Å². The Labute approximate surface area is 227 Å². The molecule has 13 nitrogen and oxygen atoms in total. The second-order valence-electron chi connectivity index (χ2n) is 9.37. The summed E-state index contributed by atoms with van der Waals surface area (Å²) in [4.78, 5) is 45.7. The van der Waals surface area contributed by atoms with E-state index in [-0.39, 0.29) is 54.5 Å². The fourth-order valence-electron chi connectivity index (χ4n) is 3.90. The van der Waals surface area contributed by atoms with Crippen LogP contribution in [-0.4, -0.2) is 60.6 Å². The van der Waals surface area contributed by atoms with Crippen molar-refractivity contribution in [3.8, 4) is 11.5 Å². The molecule has 13 heteroatoms. The number of aliphatic carboxylic acids is 1. The molecule has 0 aliphatic heterocycles. The minimum absolute atomic E-state index is 0.0160. The number of ether oxygens (including phenoxy) is 2. The van der Waals surface area contributed by atoms with E-state index in [1.165, 1.54) is 14.2 Å². The van der Waals surface area contributed by atoms with Gasteiger partial charge in [-0.05, 0) is 50.3 Å². The molecule has 0 unspecified atom stereocenters. The van der Waals surface area contributed by atoms with E-state index in [9.17, 15) is 19.5 Å². The number of aromatic nitrogens is 1. The van der Waals surface area contributed by atoms with E-state index in [0.717, 1.165) is 0 Å². The molecule has 0 aliphatic carbocycles. The number of carbonyl (C=O) groups excluding carboxylic acids is 2. The maximum atomic E-state index is 13.0. The zero-order valence-corrected chi connectivity index (χ0v) is 22.9. The highest BCUT2D eigenvalue weighted by molar-refractivity contribution is 5.95. The predicted octanol–water partition coefficient (Wildman–Crippen LogP) is 1.68. The number of carbonyl (C=O) groups is 3. The number of methoxy groups -OCH3 is 2. The van der Waals surface area contributed by atoms with E-state index in [1.54, 1.807) is 25.1 Å². The van der Waals surface area contributed by atoms with Gasteiger partial charge in [-0.25, -0.2) is 9.78 Å². The lowest BCUT2D eigenvalue weighted by molar-refractivity contribution is -0.139. The van der Waals surface area contributed by atoms with Crippen LogP contribution in [0.15, 0.2) is 27.6 Å². The standard InChI is InChI=1S/C26H38N6O7/c1-14(2)11-19(30-21(33)13-16-12-17(37-4)8-9-20(16)38-5)24-32-22(15(3)39-24)23(34)31-18(25(35)36)7-6-10-29-26(27)28/h8-9,12,14,18-19H,6-7,10-11,13H2,1-5H3,(H,30,33)(H,31,34)(H,35,36)(H4,27,28,29)/t18-,19-/m0/s1. The summed E-state index contributed by atoms with van der Waals surface area (Å²) in [5.41, 5.74) is 11.1. The minimum Gasteiger partial charge on any atom is -0.497 e. The van der Waals surface area contributed by atoms with E-state index in [2.05, 4.69) is 20.6 Å². The number of benzene rings is 1. The largest absolute Gasteiger partial charge is 0.497 e. The maximum absolute atomic E-state index is 13.0. The molecule has 39 heavy (non-hydrogen) atoms. The van der Waals surface area contributed by atoms with Gasteiger partial charge in [-0.15, -0.1) is 0 Å². The van der Waals surface area contributed by atoms with Crippen LogP contribution in [0.3, 0.4) is 0 Å². The summed E-state index contributed by atoms with van der Waals surface area (Å²) in [6.07, 6.45) is 0.965. The number of carboxylic acids is 1. The van der Waals surface area contributed by atoms with Crippen LogP contribution in [0.4, 0.5) is 0 Å². The number of aliphatic imine (C=N–C) groups is 1. The number of hydrogen-bond acceptors (Lipinski definition) is 8. The summed E-state index contributed by atoms with van der Waals surface area (Å²) >= 11 is 0. The monoisotopic (exact) mass is 546 g/mol. The fraction of sp³-hybridized carbons (Fsp3) is 0.500. The lowest BCUT2D eigenvalue weighted by atomic mass is 10.0. The molecule has 0 saturated heterocycles. The van der Waals surface area contributed by atoms with Crippen molar-refractivity contribution in [2.45, 2.75) is 58.5 Å². The van der Waals surface area contributed by atoms with Crippen LogP contribution in [0.25, 0.3) is 0 Å².